The lowest BCUT2D eigenvalue weighted by Crippen LogP contribution is -2.16. The second-order valence-electron chi connectivity index (χ2n) is 5.26. The Morgan fingerprint density at radius 1 is 1.00 bits per heavy atom. The fourth-order valence-corrected chi connectivity index (χ4v) is 2.30. The van der Waals surface area contributed by atoms with Crippen molar-refractivity contribution >= 4 is 28.3 Å². The highest BCUT2D eigenvalue weighted by molar-refractivity contribution is 6.12. The minimum absolute atomic E-state index is 0.132. The van der Waals surface area contributed by atoms with E-state index in [0.717, 1.165) is 22.4 Å². The lowest BCUT2D eigenvalue weighted by atomic mass is 10.1. The Morgan fingerprint density at radius 3 is 2.41 bits per heavy atom. The van der Waals surface area contributed by atoms with Crippen LogP contribution in [0.1, 0.15) is 10.4 Å². The highest BCUT2D eigenvalue weighted by Gasteiger charge is 2.13. The van der Waals surface area contributed by atoms with Gasteiger partial charge in [-0.15, -0.1) is 0 Å². The van der Waals surface area contributed by atoms with E-state index in [1.54, 1.807) is 0 Å². The molecule has 2 aromatic carbocycles. The summed E-state index contributed by atoms with van der Waals surface area (Å²) in [5.74, 6) is 0.629. The molecule has 3 rings (SSSR count). The lowest BCUT2D eigenvalue weighted by Gasteiger charge is -2.15. The number of para-hydroxylation sites is 2. The summed E-state index contributed by atoms with van der Waals surface area (Å²) in [5.41, 5.74) is 2.21. The molecule has 1 N–H and O–H groups in total. The van der Waals surface area contributed by atoms with Crippen molar-refractivity contribution in [3.8, 4) is 0 Å². The standard InChI is InChI=1S/C18H17N3O/c1-21(2)17-12-15(14-10-6-7-11-16(14)20-17)18(22)19-13-8-4-3-5-9-13/h3-12H,1-2H3,(H,19,22). The number of amides is 1. The van der Waals surface area contributed by atoms with Crippen LogP contribution >= 0.6 is 0 Å². The van der Waals surface area contributed by atoms with Crippen LogP contribution in [0, 0.1) is 0 Å². The van der Waals surface area contributed by atoms with E-state index in [1.165, 1.54) is 0 Å². The van der Waals surface area contributed by atoms with Gasteiger partial charge in [0.1, 0.15) is 5.82 Å². The molecule has 110 valence electrons. The number of rotatable bonds is 3. The monoisotopic (exact) mass is 291 g/mol. The zero-order valence-electron chi connectivity index (χ0n) is 12.6. The van der Waals surface area contributed by atoms with Crippen LogP contribution in [0.25, 0.3) is 10.9 Å². The van der Waals surface area contributed by atoms with E-state index in [1.807, 2.05) is 79.7 Å². The summed E-state index contributed by atoms with van der Waals surface area (Å²) in [4.78, 5) is 19.1. The molecule has 1 heterocycles. The minimum Gasteiger partial charge on any atom is -0.363 e. The summed E-state index contributed by atoms with van der Waals surface area (Å²) in [6.45, 7) is 0. The third-order valence-corrected chi connectivity index (χ3v) is 3.44. The predicted molar refractivity (Wildman–Crippen MR) is 90.5 cm³/mol. The van der Waals surface area contributed by atoms with E-state index in [2.05, 4.69) is 10.3 Å². The Balaban J connectivity index is 2.06. The number of pyridine rings is 1. The molecule has 3 aromatic rings. The van der Waals surface area contributed by atoms with Crippen LogP contribution in [-0.4, -0.2) is 25.0 Å². The third kappa shape index (κ3) is 2.76. The summed E-state index contributed by atoms with van der Waals surface area (Å²) in [6.07, 6.45) is 0. The molecule has 0 saturated carbocycles. The molecular weight excluding hydrogens is 274 g/mol. The maximum Gasteiger partial charge on any atom is 0.256 e. The van der Waals surface area contributed by atoms with Gasteiger partial charge in [-0.05, 0) is 24.3 Å². The summed E-state index contributed by atoms with van der Waals surface area (Å²) in [5, 5.41) is 3.78. The van der Waals surface area contributed by atoms with Gasteiger partial charge in [0.2, 0.25) is 0 Å². The molecule has 0 aliphatic carbocycles. The molecule has 1 aromatic heterocycles. The van der Waals surface area contributed by atoms with Crippen LogP contribution in [0.4, 0.5) is 11.5 Å². The van der Waals surface area contributed by atoms with Gasteiger partial charge >= 0.3 is 0 Å². The van der Waals surface area contributed by atoms with Crippen molar-refractivity contribution in [3.05, 3.63) is 66.2 Å². The van der Waals surface area contributed by atoms with Crippen molar-refractivity contribution in [1.29, 1.82) is 0 Å². The number of hydrogen-bond acceptors (Lipinski definition) is 3. The molecule has 1 amide bonds. The van der Waals surface area contributed by atoms with Crippen molar-refractivity contribution in [1.82, 2.24) is 4.98 Å². The average molecular weight is 291 g/mol. The lowest BCUT2D eigenvalue weighted by molar-refractivity contribution is 0.102. The van der Waals surface area contributed by atoms with E-state index >= 15 is 0 Å². The van der Waals surface area contributed by atoms with Crippen LogP contribution in [0.3, 0.4) is 0 Å². The Bertz CT molecular complexity index is 813. The van der Waals surface area contributed by atoms with Gasteiger partial charge in [0, 0.05) is 25.2 Å². The molecule has 0 fully saturated rings. The second-order valence-corrected chi connectivity index (χ2v) is 5.26. The van der Waals surface area contributed by atoms with E-state index in [9.17, 15) is 4.79 Å². The van der Waals surface area contributed by atoms with Crippen LogP contribution in [0.2, 0.25) is 0 Å². The Morgan fingerprint density at radius 2 is 1.68 bits per heavy atom. The number of aromatic nitrogens is 1. The number of carbonyl (C=O) groups excluding carboxylic acids is 1. The molecule has 0 unspecified atom stereocenters. The van der Waals surface area contributed by atoms with E-state index < -0.39 is 0 Å². The number of benzene rings is 2. The highest BCUT2D eigenvalue weighted by atomic mass is 16.1. The predicted octanol–water partition coefficient (Wildman–Crippen LogP) is 3.55. The summed E-state index contributed by atoms with van der Waals surface area (Å²) >= 11 is 0. The number of fused-ring (bicyclic) bond motifs is 1. The molecule has 0 radical (unpaired) electrons. The second kappa shape index (κ2) is 5.85. The first kappa shape index (κ1) is 14.1. The van der Waals surface area contributed by atoms with Gasteiger partial charge in [-0.3, -0.25) is 4.79 Å². The van der Waals surface area contributed by atoms with Gasteiger partial charge in [-0.25, -0.2) is 4.98 Å². The van der Waals surface area contributed by atoms with Crippen molar-refractivity contribution in [2.75, 3.05) is 24.3 Å². The van der Waals surface area contributed by atoms with Gasteiger partial charge in [0.25, 0.3) is 5.91 Å². The van der Waals surface area contributed by atoms with E-state index in [4.69, 9.17) is 0 Å². The van der Waals surface area contributed by atoms with Gasteiger partial charge in [0.15, 0.2) is 0 Å². The quantitative estimate of drug-likeness (QED) is 0.802. The zero-order valence-corrected chi connectivity index (χ0v) is 12.6. The summed E-state index contributed by atoms with van der Waals surface area (Å²) in [7, 11) is 3.83. The number of anilines is 2. The smallest absolute Gasteiger partial charge is 0.256 e. The molecule has 4 heteroatoms. The van der Waals surface area contributed by atoms with Crippen molar-refractivity contribution in [2.45, 2.75) is 0 Å². The number of hydrogen-bond donors (Lipinski definition) is 1. The van der Waals surface area contributed by atoms with Gasteiger partial charge in [0.05, 0.1) is 11.1 Å². The van der Waals surface area contributed by atoms with Crippen molar-refractivity contribution in [3.63, 3.8) is 0 Å². The summed E-state index contributed by atoms with van der Waals surface area (Å²) in [6, 6.07) is 18.9. The van der Waals surface area contributed by atoms with Gasteiger partial charge in [-0.1, -0.05) is 36.4 Å². The maximum atomic E-state index is 12.6. The minimum atomic E-state index is -0.132. The first-order chi connectivity index (χ1) is 10.6. The molecular formula is C18H17N3O. The van der Waals surface area contributed by atoms with Gasteiger partial charge < -0.3 is 10.2 Å². The average Bonchev–Trinajstić information content (AvgIpc) is 2.54. The number of nitrogens with zero attached hydrogens (tertiary/aromatic N) is 2. The third-order valence-electron chi connectivity index (χ3n) is 3.44. The van der Waals surface area contributed by atoms with E-state index in [-0.39, 0.29) is 5.91 Å². The Labute approximate surface area is 129 Å². The van der Waals surface area contributed by atoms with Crippen LogP contribution < -0.4 is 10.2 Å². The van der Waals surface area contributed by atoms with Crippen LogP contribution in [-0.2, 0) is 0 Å². The van der Waals surface area contributed by atoms with Crippen molar-refractivity contribution < 1.29 is 4.79 Å². The molecule has 0 bridgehead atoms. The topological polar surface area (TPSA) is 45.2 Å². The van der Waals surface area contributed by atoms with Crippen molar-refractivity contribution in [2.24, 2.45) is 0 Å². The molecule has 0 aliphatic heterocycles. The molecule has 22 heavy (non-hydrogen) atoms. The largest absolute Gasteiger partial charge is 0.363 e. The molecule has 0 saturated heterocycles. The molecule has 0 atom stereocenters. The van der Waals surface area contributed by atoms with Crippen LogP contribution in [0.5, 0.6) is 0 Å². The number of carbonyl (C=O) groups is 1. The first-order valence-corrected chi connectivity index (χ1v) is 7.08. The maximum absolute atomic E-state index is 12.6. The van der Waals surface area contributed by atoms with E-state index in [0.29, 0.717) is 5.56 Å². The SMILES string of the molecule is CN(C)c1cc(C(=O)Nc2ccccc2)c2ccccc2n1. The Kier molecular flexibility index (Phi) is 3.74. The number of nitrogens with one attached hydrogen (secondary N) is 1. The summed E-state index contributed by atoms with van der Waals surface area (Å²) < 4.78 is 0. The first-order valence-electron chi connectivity index (χ1n) is 7.08. The fraction of sp³-hybridized carbons (Fsp3) is 0.111. The molecule has 0 spiro atoms. The van der Waals surface area contributed by atoms with Gasteiger partial charge in [-0.2, -0.15) is 0 Å². The zero-order chi connectivity index (χ0) is 15.5. The highest BCUT2D eigenvalue weighted by Crippen LogP contribution is 2.23. The Hall–Kier alpha value is -2.88. The molecule has 0 aliphatic rings. The normalized spacial score (nSPS) is 10.5. The van der Waals surface area contributed by atoms with Crippen LogP contribution in [0.15, 0.2) is 60.7 Å². The molecule has 4 nitrogen and oxygen atoms in total. The fourth-order valence-electron chi connectivity index (χ4n) is 2.30.